The number of hydrogen-bond acceptors (Lipinski definition) is 5. The highest BCUT2D eigenvalue weighted by Gasteiger charge is 2.07. The Kier molecular flexibility index (Phi) is 2.59. The third-order valence-corrected chi connectivity index (χ3v) is 2.69. The second-order valence-corrected chi connectivity index (χ2v) is 3.62. The van der Waals surface area contributed by atoms with Crippen molar-refractivity contribution < 1.29 is 5.21 Å². The first kappa shape index (κ1) is 9.60. The summed E-state index contributed by atoms with van der Waals surface area (Å²) in [6.07, 6.45) is 3.39. The molecule has 6 heteroatoms. The molecule has 0 aliphatic heterocycles. The summed E-state index contributed by atoms with van der Waals surface area (Å²) in [5.41, 5.74) is 6.86. The van der Waals surface area contributed by atoms with Crippen molar-refractivity contribution in [2.45, 2.75) is 0 Å². The maximum absolute atomic E-state index is 8.49. The summed E-state index contributed by atoms with van der Waals surface area (Å²) in [5, 5.41) is 13.9. The van der Waals surface area contributed by atoms with Crippen LogP contribution in [0.15, 0.2) is 35.1 Å². The quantitative estimate of drug-likeness (QED) is 0.346. The van der Waals surface area contributed by atoms with E-state index in [2.05, 4.69) is 15.1 Å². The van der Waals surface area contributed by atoms with E-state index in [1.807, 2.05) is 12.1 Å². The molecule has 0 aliphatic carbocycles. The van der Waals surface area contributed by atoms with E-state index >= 15 is 0 Å². The van der Waals surface area contributed by atoms with E-state index in [1.54, 1.807) is 17.8 Å². The molecule has 0 spiro atoms. The Morgan fingerprint density at radius 2 is 2.13 bits per heavy atom. The van der Waals surface area contributed by atoms with Crippen molar-refractivity contribution in [3.63, 3.8) is 0 Å². The first-order valence-corrected chi connectivity index (χ1v) is 5.03. The summed E-state index contributed by atoms with van der Waals surface area (Å²) in [7, 11) is 0. The minimum absolute atomic E-state index is 0.0200. The third kappa shape index (κ3) is 1.94. The Hall–Kier alpha value is -1.95. The summed E-state index contributed by atoms with van der Waals surface area (Å²) in [5.74, 6) is 0.0200. The van der Waals surface area contributed by atoms with Gasteiger partial charge in [0.05, 0.1) is 0 Å². The van der Waals surface area contributed by atoms with Crippen LogP contribution in [0.2, 0.25) is 0 Å². The molecule has 3 N–H and O–H groups in total. The lowest BCUT2D eigenvalue weighted by molar-refractivity contribution is 0.318. The van der Waals surface area contributed by atoms with E-state index in [0.717, 1.165) is 10.6 Å². The van der Waals surface area contributed by atoms with E-state index in [-0.39, 0.29) is 5.84 Å². The number of thiazole rings is 1. The van der Waals surface area contributed by atoms with E-state index in [0.29, 0.717) is 5.69 Å². The first-order valence-electron chi connectivity index (χ1n) is 4.15. The zero-order valence-electron chi connectivity index (χ0n) is 7.66. The normalized spacial score (nSPS) is 11.6. The molecule has 15 heavy (non-hydrogen) atoms. The van der Waals surface area contributed by atoms with Crippen molar-refractivity contribution in [1.82, 2.24) is 9.97 Å². The predicted molar refractivity (Wildman–Crippen MR) is 57.9 cm³/mol. The Morgan fingerprint density at radius 1 is 1.40 bits per heavy atom. The highest BCUT2D eigenvalue weighted by Crippen LogP contribution is 2.22. The lowest BCUT2D eigenvalue weighted by Gasteiger charge is -1.93. The fourth-order valence-corrected chi connectivity index (χ4v) is 1.89. The standard InChI is InChI=1S/C9H8N4OS/c10-8(13-14)7-5-15-9(12-7)6-1-3-11-4-2-6/h1-5,14H,(H2,10,13). The molecule has 0 unspecified atom stereocenters. The van der Waals surface area contributed by atoms with Gasteiger partial charge in [0.2, 0.25) is 0 Å². The summed E-state index contributed by atoms with van der Waals surface area (Å²) in [6.45, 7) is 0. The van der Waals surface area contributed by atoms with E-state index in [9.17, 15) is 0 Å². The maximum atomic E-state index is 8.49. The molecular formula is C9H8N4OS. The van der Waals surface area contributed by atoms with Gasteiger partial charge in [-0.25, -0.2) is 4.98 Å². The molecule has 0 atom stereocenters. The highest BCUT2D eigenvalue weighted by atomic mass is 32.1. The highest BCUT2D eigenvalue weighted by molar-refractivity contribution is 7.13. The van der Waals surface area contributed by atoms with Crippen molar-refractivity contribution in [2.75, 3.05) is 0 Å². The van der Waals surface area contributed by atoms with Crippen LogP contribution in [0.1, 0.15) is 5.69 Å². The molecule has 0 aromatic carbocycles. The van der Waals surface area contributed by atoms with Crippen LogP contribution in [0.3, 0.4) is 0 Å². The van der Waals surface area contributed by atoms with Crippen molar-refractivity contribution in [3.8, 4) is 10.6 Å². The fourth-order valence-electron chi connectivity index (χ4n) is 1.07. The van der Waals surface area contributed by atoms with E-state index < -0.39 is 0 Å². The third-order valence-electron chi connectivity index (χ3n) is 1.80. The molecule has 0 radical (unpaired) electrons. The molecule has 2 aromatic rings. The van der Waals surface area contributed by atoms with Crippen molar-refractivity contribution >= 4 is 17.2 Å². The van der Waals surface area contributed by atoms with Gasteiger partial charge in [-0.2, -0.15) is 0 Å². The number of nitrogens with zero attached hydrogens (tertiary/aromatic N) is 3. The van der Waals surface area contributed by atoms with Gasteiger partial charge >= 0.3 is 0 Å². The Balaban J connectivity index is 2.36. The van der Waals surface area contributed by atoms with Gasteiger partial charge in [0.25, 0.3) is 0 Å². The van der Waals surface area contributed by atoms with Crippen molar-refractivity contribution in [2.24, 2.45) is 10.9 Å². The first-order chi connectivity index (χ1) is 7.31. The molecule has 0 fully saturated rings. The largest absolute Gasteiger partial charge is 0.409 e. The van der Waals surface area contributed by atoms with Crippen LogP contribution in [-0.4, -0.2) is 21.0 Å². The maximum Gasteiger partial charge on any atom is 0.189 e. The Bertz CT molecular complexity index is 480. The van der Waals surface area contributed by atoms with Crippen LogP contribution in [0, 0.1) is 0 Å². The van der Waals surface area contributed by atoms with Gasteiger partial charge in [-0.05, 0) is 12.1 Å². The van der Waals surface area contributed by atoms with Gasteiger partial charge in [0, 0.05) is 23.3 Å². The molecule has 0 saturated carbocycles. The number of oxime groups is 1. The summed E-state index contributed by atoms with van der Waals surface area (Å²) < 4.78 is 0. The van der Waals surface area contributed by atoms with Crippen LogP contribution in [0.25, 0.3) is 10.6 Å². The van der Waals surface area contributed by atoms with Gasteiger partial charge in [0.15, 0.2) is 5.84 Å². The summed E-state index contributed by atoms with van der Waals surface area (Å²) in [4.78, 5) is 8.14. The van der Waals surface area contributed by atoms with Gasteiger partial charge in [-0.15, -0.1) is 11.3 Å². The number of pyridine rings is 1. The molecule has 0 amide bonds. The fraction of sp³-hybridized carbons (Fsp3) is 0. The van der Waals surface area contributed by atoms with Crippen molar-refractivity contribution in [1.29, 1.82) is 0 Å². The SMILES string of the molecule is N/C(=N\O)c1csc(-c2ccncc2)n1. The average molecular weight is 220 g/mol. The molecule has 2 aromatic heterocycles. The molecule has 0 bridgehead atoms. The van der Waals surface area contributed by atoms with Crippen LogP contribution >= 0.6 is 11.3 Å². The molecule has 0 aliphatic rings. The predicted octanol–water partition coefficient (Wildman–Crippen LogP) is 1.30. The number of hydrogen-bond donors (Lipinski definition) is 2. The number of rotatable bonds is 2. The molecule has 5 nitrogen and oxygen atoms in total. The van der Waals surface area contributed by atoms with Crippen LogP contribution in [0.5, 0.6) is 0 Å². The topological polar surface area (TPSA) is 84.4 Å². The lowest BCUT2D eigenvalue weighted by atomic mass is 10.3. The number of amidine groups is 1. The van der Waals surface area contributed by atoms with E-state index in [1.165, 1.54) is 11.3 Å². The second-order valence-electron chi connectivity index (χ2n) is 2.76. The number of nitrogens with two attached hydrogens (primary N) is 1. The molecule has 0 saturated heterocycles. The minimum Gasteiger partial charge on any atom is -0.409 e. The lowest BCUT2D eigenvalue weighted by Crippen LogP contribution is -2.13. The van der Waals surface area contributed by atoms with Gasteiger partial charge < -0.3 is 10.9 Å². The van der Waals surface area contributed by atoms with Crippen molar-refractivity contribution in [3.05, 3.63) is 35.6 Å². The van der Waals surface area contributed by atoms with Crippen LogP contribution in [-0.2, 0) is 0 Å². The molecule has 76 valence electrons. The second kappa shape index (κ2) is 4.05. The summed E-state index contributed by atoms with van der Waals surface area (Å²) >= 11 is 1.44. The zero-order valence-corrected chi connectivity index (χ0v) is 8.48. The molecule has 2 rings (SSSR count). The van der Waals surface area contributed by atoms with Crippen LogP contribution in [0.4, 0.5) is 0 Å². The zero-order chi connectivity index (χ0) is 10.7. The Labute approximate surface area is 89.9 Å². The van der Waals surface area contributed by atoms with Gasteiger partial charge in [-0.1, -0.05) is 5.16 Å². The Morgan fingerprint density at radius 3 is 2.80 bits per heavy atom. The van der Waals surface area contributed by atoms with Gasteiger partial charge in [0.1, 0.15) is 10.7 Å². The molecular weight excluding hydrogens is 212 g/mol. The smallest absolute Gasteiger partial charge is 0.189 e. The number of aromatic nitrogens is 2. The minimum atomic E-state index is 0.0200. The monoisotopic (exact) mass is 220 g/mol. The summed E-state index contributed by atoms with van der Waals surface area (Å²) in [6, 6.07) is 3.71. The van der Waals surface area contributed by atoms with E-state index in [4.69, 9.17) is 10.9 Å². The molecule has 2 heterocycles. The average Bonchev–Trinajstić information content (AvgIpc) is 2.78. The van der Waals surface area contributed by atoms with Gasteiger partial charge in [-0.3, -0.25) is 4.98 Å². The van der Waals surface area contributed by atoms with Crippen LogP contribution < -0.4 is 5.73 Å².